The van der Waals surface area contributed by atoms with Crippen LogP contribution in [0.2, 0.25) is 0 Å². The Morgan fingerprint density at radius 3 is 1.87 bits per heavy atom. The lowest BCUT2D eigenvalue weighted by molar-refractivity contribution is 0.472. The Balaban J connectivity index is 1.49. The van der Waals surface area contributed by atoms with Gasteiger partial charge >= 0.3 is 0 Å². The van der Waals surface area contributed by atoms with E-state index < -0.39 is 0 Å². The van der Waals surface area contributed by atoms with Gasteiger partial charge in [0, 0.05) is 12.5 Å². The van der Waals surface area contributed by atoms with Gasteiger partial charge in [-0.15, -0.1) is 0 Å². The molecule has 0 amide bonds. The molecule has 166 valence electrons. The first kappa shape index (κ1) is 24.2. The van der Waals surface area contributed by atoms with Gasteiger partial charge in [0.05, 0.1) is 5.69 Å². The molecule has 2 rings (SSSR count). The molecule has 0 spiro atoms. The maximum atomic E-state index is 9.91. The summed E-state index contributed by atoms with van der Waals surface area (Å²) in [6, 6.07) is 3.55. The van der Waals surface area contributed by atoms with Crippen molar-refractivity contribution in [2.24, 2.45) is 0 Å². The fraction of sp³-hybridized carbons (Fsp3) is 0.720. The second kappa shape index (κ2) is 14.0. The number of pyridine rings is 1. The lowest BCUT2D eigenvalue weighted by atomic mass is 10.0. The summed E-state index contributed by atoms with van der Waals surface area (Å²) in [5.74, 6) is 0.774. The molecule has 0 radical (unpaired) electrons. The Kier molecular flexibility index (Phi) is 11.3. The monoisotopic (exact) mass is 412 g/mol. The highest BCUT2D eigenvalue weighted by molar-refractivity contribution is 5.54. The van der Waals surface area contributed by atoms with Crippen molar-refractivity contribution < 1.29 is 5.11 Å². The lowest BCUT2D eigenvalue weighted by Gasteiger charge is -2.03. The first-order chi connectivity index (χ1) is 14.7. The molecule has 5 heteroatoms. The molecule has 0 saturated carbocycles. The molecule has 5 nitrogen and oxygen atoms in total. The van der Waals surface area contributed by atoms with Crippen LogP contribution < -0.4 is 0 Å². The van der Waals surface area contributed by atoms with Gasteiger partial charge in [0.2, 0.25) is 0 Å². The zero-order valence-corrected chi connectivity index (χ0v) is 19.1. The van der Waals surface area contributed by atoms with Crippen molar-refractivity contribution in [1.29, 1.82) is 5.26 Å². The van der Waals surface area contributed by atoms with Crippen LogP contribution >= 0.6 is 0 Å². The van der Waals surface area contributed by atoms with Crippen molar-refractivity contribution in [3.05, 3.63) is 23.1 Å². The summed E-state index contributed by atoms with van der Waals surface area (Å²) >= 11 is 0. The second-order valence-electron chi connectivity index (χ2n) is 8.60. The molecule has 0 fully saturated rings. The summed E-state index contributed by atoms with van der Waals surface area (Å²) in [5.41, 5.74) is 1.52. The van der Waals surface area contributed by atoms with E-state index in [-0.39, 0.29) is 11.3 Å². The van der Waals surface area contributed by atoms with Gasteiger partial charge in [0.25, 0.3) is 0 Å². The number of aryl methyl sites for hydroxylation is 2. The minimum Gasteiger partial charge on any atom is -0.506 e. The Labute approximate surface area is 182 Å². The van der Waals surface area contributed by atoms with E-state index in [0.29, 0.717) is 11.3 Å². The predicted octanol–water partition coefficient (Wildman–Crippen LogP) is 7.03. The number of hydrogen-bond acceptors (Lipinski definition) is 4. The molecule has 0 unspecified atom stereocenters. The molecule has 2 aromatic heterocycles. The van der Waals surface area contributed by atoms with E-state index >= 15 is 0 Å². The molecule has 0 aliphatic carbocycles. The zero-order chi connectivity index (χ0) is 21.6. The Morgan fingerprint density at radius 1 is 0.867 bits per heavy atom. The minimum absolute atomic E-state index is 0.0200. The lowest BCUT2D eigenvalue weighted by Crippen LogP contribution is -1.98. The summed E-state index contributed by atoms with van der Waals surface area (Å²) in [6.07, 6.45) is 21.2. The highest BCUT2D eigenvalue weighted by Crippen LogP contribution is 2.22. The summed E-state index contributed by atoms with van der Waals surface area (Å²) < 4.78 is 1.67. The normalized spacial score (nSPS) is 11.2. The second-order valence-corrected chi connectivity index (χ2v) is 8.60. The highest BCUT2D eigenvalue weighted by Gasteiger charge is 2.13. The summed E-state index contributed by atoms with van der Waals surface area (Å²) in [7, 11) is 0. The van der Waals surface area contributed by atoms with Gasteiger partial charge in [-0.25, -0.2) is 9.50 Å². The molecule has 0 aliphatic heterocycles. The van der Waals surface area contributed by atoms with Gasteiger partial charge in [0.1, 0.15) is 17.4 Å². The highest BCUT2D eigenvalue weighted by atomic mass is 16.3. The minimum atomic E-state index is -0.0200. The molecule has 0 aliphatic rings. The van der Waals surface area contributed by atoms with Crippen molar-refractivity contribution in [2.75, 3.05) is 0 Å². The third kappa shape index (κ3) is 7.97. The molecule has 1 N–H and O–H groups in total. The van der Waals surface area contributed by atoms with Crippen LogP contribution in [-0.4, -0.2) is 19.7 Å². The number of fused-ring (bicyclic) bond motifs is 1. The standard InChI is InChI=1S/C25H40N4O/c1-3-4-5-6-7-8-9-10-11-12-13-14-15-16-17-18-24-27-25-19-23(30)22(20-26)21(2)29(25)28-24/h19,30H,3-18H2,1-2H3. The Hall–Kier alpha value is -2.09. The third-order valence-corrected chi connectivity index (χ3v) is 5.99. The van der Waals surface area contributed by atoms with Crippen molar-refractivity contribution in [3.8, 4) is 11.8 Å². The summed E-state index contributed by atoms with van der Waals surface area (Å²) in [4.78, 5) is 4.50. The van der Waals surface area contributed by atoms with E-state index in [9.17, 15) is 5.11 Å². The van der Waals surface area contributed by atoms with E-state index in [4.69, 9.17) is 5.26 Å². The number of aromatic hydroxyl groups is 1. The SMILES string of the molecule is CCCCCCCCCCCCCCCCCc1nc2cc(O)c(C#N)c(C)n2n1. The molecular formula is C25H40N4O. The average Bonchev–Trinajstić information content (AvgIpc) is 3.14. The number of rotatable bonds is 16. The van der Waals surface area contributed by atoms with E-state index in [1.54, 1.807) is 11.4 Å². The van der Waals surface area contributed by atoms with Crippen LogP contribution in [0.1, 0.15) is 120 Å². The summed E-state index contributed by atoms with van der Waals surface area (Å²) in [6.45, 7) is 4.07. The fourth-order valence-corrected chi connectivity index (χ4v) is 4.09. The number of nitriles is 1. The molecule has 0 bridgehead atoms. The first-order valence-corrected chi connectivity index (χ1v) is 12.2. The largest absolute Gasteiger partial charge is 0.506 e. The maximum Gasteiger partial charge on any atom is 0.159 e. The molecule has 30 heavy (non-hydrogen) atoms. The van der Waals surface area contributed by atoms with Gasteiger partial charge in [-0.2, -0.15) is 10.4 Å². The van der Waals surface area contributed by atoms with Gasteiger partial charge in [-0.1, -0.05) is 96.8 Å². The van der Waals surface area contributed by atoms with E-state index in [1.165, 1.54) is 96.0 Å². The smallest absolute Gasteiger partial charge is 0.159 e. The zero-order valence-electron chi connectivity index (χ0n) is 19.1. The predicted molar refractivity (Wildman–Crippen MR) is 123 cm³/mol. The number of aromatic nitrogens is 3. The van der Waals surface area contributed by atoms with Crippen molar-refractivity contribution >= 4 is 5.65 Å². The third-order valence-electron chi connectivity index (χ3n) is 5.99. The molecule has 0 atom stereocenters. The van der Waals surface area contributed by atoms with Gasteiger partial charge < -0.3 is 5.11 Å². The number of nitrogens with zero attached hydrogens (tertiary/aromatic N) is 4. The van der Waals surface area contributed by atoms with Crippen LogP contribution in [0, 0.1) is 18.3 Å². The quantitative estimate of drug-likeness (QED) is 0.300. The van der Waals surface area contributed by atoms with Crippen LogP contribution in [0.3, 0.4) is 0 Å². The Morgan fingerprint density at radius 2 is 1.37 bits per heavy atom. The van der Waals surface area contributed by atoms with Crippen LogP contribution in [0.5, 0.6) is 5.75 Å². The van der Waals surface area contributed by atoms with Crippen LogP contribution in [-0.2, 0) is 6.42 Å². The molecular weight excluding hydrogens is 372 g/mol. The molecule has 2 heterocycles. The fourth-order valence-electron chi connectivity index (χ4n) is 4.09. The van der Waals surface area contributed by atoms with Gasteiger partial charge in [-0.05, 0) is 13.3 Å². The maximum absolute atomic E-state index is 9.91. The topological polar surface area (TPSA) is 74.2 Å². The molecule has 2 aromatic rings. The Bertz CT molecular complexity index is 791. The van der Waals surface area contributed by atoms with Gasteiger partial charge in [-0.3, -0.25) is 0 Å². The van der Waals surface area contributed by atoms with E-state index in [0.717, 1.165) is 18.7 Å². The van der Waals surface area contributed by atoms with Crippen molar-refractivity contribution in [3.63, 3.8) is 0 Å². The number of unbranched alkanes of at least 4 members (excludes halogenated alkanes) is 14. The van der Waals surface area contributed by atoms with Crippen LogP contribution in [0.25, 0.3) is 5.65 Å². The van der Waals surface area contributed by atoms with Gasteiger partial charge in [0.15, 0.2) is 11.5 Å². The van der Waals surface area contributed by atoms with E-state index in [2.05, 4.69) is 17.0 Å². The van der Waals surface area contributed by atoms with Crippen LogP contribution in [0.4, 0.5) is 0 Å². The number of hydrogen-bond donors (Lipinski definition) is 1. The molecule has 0 saturated heterocycles. The van der Waals surface area contributed by atoms with Crippen LogP contribution in [0.15, 0.2) is 6.07 Å². The average molecular weight is 413 g/mol. The first-order valence-electron chi connectivity index (χ1n) is 12.2. The van der Waals surface area contributed by atoms with Crippen molar-refractivity contribution in [1.82, 2.24) is 14.6 Å². The molecule has 0 aromatic carbocycles. The van der Waals surface area contributed by atoms with Crippen molar-refractivity contribution in [2.45, 2.75) is 117 Å². The van der Waals surface area contributed by atoms with E-state index in [1.807, 2.05) is 6.07 Å². The summed E-state index contributed by atoms with van der Waals surface area (Å²) in [5, 5.41) is 23.6.